The molecule has 1 aliphatic carbocycles. The molecule has 3 rings (SSSR count). The standard InChI is InChI=1S/C21H32N4O4/c1-5-21(6-2,20(27)23-3)15-9-16(25-10-14(11-25)28-4)19(24-17(15)18(22)26)29-12-13-7-8-13/h9,13-14H,5-8,10-12H2,1-4H3,(H2,22,26)(H,23,27). The third-order valence-electron chi connectivity index (χ3n) is 6.26. The van der Waals surface area contributed by atoms with Crippen molar-refractivity contribution in [2.45, 2.75) is 51.0 Å². The van der Waals surface area contributed by atoms with E-state index < -0.39 is 11.3 Å². The first kappa shape index (κ1) is 21.4. The number of amides is 2. The number of primary amides is 1. The lowest BCUT2D eigenvalue weighted by Crippen LogP contribution is -2.52. The van der Waals surface area contributed by atoms with Crippen LogP contribution in [0.3, 0.4) is 0 Å². The minimum Gasteiger partial charge on any atom is -0.476 e. The predicted molar refractivity (Wildman–Crippen MR) is 110 cm³/mol. The lowest BCUT2D eigenvalue weighted by atomic mass is 9.73. The van der Waals surface area contributed by atoms with Gasteiger partial charge in [0.2, 0.25) is 11.8 Å². The van der Waals surface area contributed by atoms with Gasteiger partial charge >= 0.3 is 0 Å². The molecule has 3 N–H and O–H groups in total. The fourth-order valence-corrected chi connectivity index (χ4v) is 3.95. The van der Waals surface area contributed by atoms with Crippen molar-refractivity contribution in [3.05, 3.63) is 17.3 Å². The summed E-state index contributed by atoms with van der Waals surface area (Å²) < 4.78 is 11.4. The molecule has 8 heteroatoms. The van der Waals surface area contributed by atoms with E-state index in [0.29, 0.717) is 49.9 Å². The Labute approximate surface area is 172 Å². The quantitative estimate of drug-likeness (QED) is 0.614. The van der Waals surface area contributed by atoms with Gasteiger partial charge in [-0.3, -0.25) is 9.59 Å². The molecule has 0 radical (unpaired) electrons. The average Bonchev–Trinajstić information content (AvgIpc) is 3.51. The smallest absolute Gasteiger partial charge is 0.267 e. The molecule has 0 bridgehead atoms. The van der Waals surface area contributed by atoms with E-state index in [-0.39, 0.29) is 17.7 Å². The molecule has 160 valence electrons. The van der Waals surface area contributed by atoms with Crippen molar-refractivity contribution < 1.29 is 19.1 Å². The molecule has 2 fully saturated rings. The summed E-state index contributed by atoms with van der Waals surface area (Å²) in [6, 6.07) is 1.88. The van der Waals surface area contributed by atoms with Crippen molar-refractivity contribution in [3.8, 4) is 5.88 Å². The number of rotatable bonds is 10. The number of nitrogens with two attached hydrogens (primary N) is 1. The highest BCUT2D eigenvalue weighted by molar-refractivity contribution is 5.98. The number of pyridine rings is 1. The van der Waals surface area contributed by atoms with Crippen LogP contribution in [0.15, 0.2) is 6.07 Å². The number of aromatic nitrogens is 1. The van der Waals surface area contributed by atoms with Crippen LogP contribution >= 0.6 is 0 Å². The van der Waals surface area contributed by atoms with Gasteiger partial charge in [0.1, 0.15) is 11.4 Å². The van der Waals surface area contributed by atoms with Gasteiger partial charge in [-0.1, -0.05) is 13.8 Å². The summed E-state index contributed by atoms with van der Waals surface area (Å²) in [5, 5.41) is 2.74. The molecule has 1 aromatic rings. The maximum atomic E-state index is 12.9. The average molecular weight is 405 g/mol. The Morgan fingerprint density at radius 1 is 1.31 bits per heavy atom. The Balaban J connectivity index is 2.10. The minimum atomic E-state index is -0.887. The van der Waals surface area contributed by atoms with E-state index in [1.54, 1.807) is 14.2 Å². The molecule has 1 saturated carbocycles. The maximum Gasteiger partial charge on any atom is 0.267 e. The topological polar surface area (TPSA) is 107 Å². The molecule has 2 amide bonds. The molecular formula is C21H32N4O4. The number of carbonyl (C=O) groups excluding carboxylic acids is 2. The largest absolute Gasteiger partial charge is 0.476 e. The van der Waals surface area contributed by atoms with E-state index in [0.717, 1.165) is 18.5 Å². The van der Waals surface area contributed by atoms with Gasteiger partial charge in [0.25, 0.3) is 5.91 Å². The summed E-state index contributed by atoms with van der Waals surface area (Å²) in [5.41, 5.74) is 6.26. The number of methoxy groups -OCH3 is 1. The molecule has 0 unspecified atom stereocenters. The van der Waals surface area contributed by atoms with E-state index in [4.69, 9.17) is 15.2 Å². The number of likely N-dealkylation sites (N-methyl/N-ethyl adjacent to an activating group) is 1. The van der Waals surface area contributed by atoms with Gasteiger partial charge in [0.15, 0.2) is 0 Å². The van der Waals surface area contributed by atoms with Crippen molar-refractivity contribution in [2.24, 2.45) is 11.7 Å². The Morgan fingerprint density at radius 2 is 1.97 bits per heavy atom. The number of anilines is 1. The molecular weight excluding hydrogens is 372 g/mol. The van der Waals surface area contributed by atoms with Crippen LogP contribution in [0.5, 0.6) is 5.88 Å². The number of nitrogens with one attached hydrogen (secondary N) is 1. The molecule has 1 aromatic heterocycles. The van der Waals surface area contributed by atoms with Gasteiger partial charge in [-0.25, -0.2) is 4.98 Å². The van der Waals surface area contributed by atoms with Crippen LogP contribution in [0.1, 0.15) is 55.6 Å². The highest BCUT2D eigenvalue weighted by atomic mass is 16.5. The van der Waals surface area contributed by atoms with E-state index in [2.05, 4.69) is 15.2 Å². The van der Waals surface area contributed by atoms with E-state index in [1.807, 2.05) is 19.9 Å². The Morgan fingerprint density at radius 3 is 2.45 bits per heavy atom. The molecule has 29 heavy (non-hydrogen) atoms. The van der Waals surface area contributed by atoms with Gasteiger partial charge in [-0.15, -0.1) is 0 Å². The Hall–Kier alpha value is -2.35. The maximum absolute atomic E-state index is 12.9. The lowest BCUT2D eigenvalue weighted by Gasteiger charge is -2.41. The molecule has 1 saturated heterocycles. The summed E-state index contributed by atoms with van der Waals surface area (Å²) in [6.45, 7) is 5.86. The first-order chi connectivity index (χ1) is 13.9. The molecule has 0 aromatic carbocycles. The monoisotopic (exact) mass is 404 g/mol. The number of nitrogens with zero attached hydrogens (tertiary/aromatic N) is 2. The Kier molecular flexibility index (Phi) is 6.31. The van der Waals surface area contributed by atoms with Gasteiger partial charge in [-0.05, 0) is 37.7 Å². The highest BCUT2D eigenvalue weighted by Crippen LogP contribution is 2.41. The van der Waals surface area contributed by atoms with E-state index in [1.165, 1.54) is 0 Å². The summed E-state index contributed by atoms with van der Waals surface area (Å²) in [6.07, 6.45) is 3.49. The SMILES string of the molecule is CCC(CC)(C(=O)NC)c1cc(N2CC(OC)C2)c(OCC2CC2)nc1C(N)=O. The van der Waals surface area contributed by atoms with Crippen LogP contribution in [-0.2, 0) is 14.9 Å². The van der Waals surface area contributed by atoms with Gasteiger partial charge in [0.05, 0.1) is 18.1 Å². The van der Waals surface area contributed by atoms with Gasteiger partial charge < -0.3 is 25.4 Å². The minimum absolute atomic E-state index is 0.107. The fourth-order valence-electron chi connectivity index (χ4n) is 3.95. The number of hydrogen-bond donors (Lipinski definition) is 2. The van der Waals surface area contributed by atoms with Crippen LogP contribution in [-0.4, -0.2) is 56.8 Å². The second kappa shape index (κ2) is 8.57. The second-order valence-corrected chi connectivity index (χ2v) is 7.96. The number of ether oxygens (including phenoxy) is 2. The van der Waals surface area contributed by atoms with Gasteiger partial charge in [-0.2, -0.15) is 0 Å². The first-order valence-electron chi connectivity index (χ1n) is 10.4. The molecule has 8 nitrogen and oxygen atoms in total. The predicted octanol–water partition coefficient (Wildman–Crippen LogP) is 1.61. The Bertz CT molecular complexity index is 768. The lowest BCUT2D eigenvalue weighted by molar-refractivity contribution is -0.126. The molecule has 1 aliphatic heterocycles. The van der Waals surface area contributed by atoms with Gasteiger partial charge in [0, 0.05) is 32.8 Å². The normalized spacial score (nSPS) is 17.0. The summed E-state index contributed by atoms with van der Waals surface area (Å²) in [4.78, 5) is 31.9. The third-order valence-corrected chi connectivity index (χ3v) is 6.26. The van der Waals surface area contributed by atoms with Crippen LogP contribution < -0.4 is 20.7 Å². The van der Waals surface area contributed by atoms with Crippen molar-refractivity contribution in [3.63, 3.8) is 0 Å². The summed E-state index contributed by atoms with van der Waals surface area (Å²) in [5.74, 6) is 0.141. The summed E-state index contributed by atoms with van der Waals surface area (Å²) >= 11 is 0. The van der Waals surface area contributed by atoms with E-state index >= 15 is 0 Å². The number of carbonyl (C=O) groups is 2. The molecule has 0 atom stereocenters. The third kappa shape index (κ3) is 4.03. The highest BCUT2D eigenvalue weighted by Gasteiger charge is 2.41. The van der Waals surface area contributed by atoms with Crippen molar-refractivity contribution in [1.29, 1.82) is 0 Å². The zero-order valence-corrected chi connectivity index (χ0v) is 17.8. The second-order valence-electron chi connectivity index (χ2n) is 7.96. The van der Waals surface area contributed by atoms with Crippen molar-refractivity contribution in [2.75, 3.05) is 38.8 Å². The van der Waals surface area contributed by atoms with Crippen LogP contribution in [0.4, 0.5) is 5.69 Å². The summed E-state index contributed by atoms with van der Waals surface area (Å²) in [7, 11) is 3.30. The van der Waals surface area contributed by atoms with Crippen LogP contribution in [0.2, 0.25) is 0 Å². The van der Waals surface area contributed by atoms with Crippen molar-refractivity contribution in [1.82, 2.24) is 10.3 Å². The van der Waals surface area contributed by atoms with Crippen LogP contribution in [0, 0.1) is 5.92 Å². The number of hydrogen-bond acceptors (Lipinski definition) is 6. The molecule has 0 spiro atoms. The zero-order chi connectivity index (χ0) is 21.2. The molecule has 2 heterocycles. The van der Waals surface area contributed by atoms with E-state index in [9.17, 15) is 9.59 Å². The van der Waals surface area contributed by atoms with Crippen LogP contribution in [0.25, 0.3) is 0 Å². The first-order valence-corrected chi connectivity index (χ1v) is 10.4. The van der Waals surface area contributed by atoms with Crippen molar-refractivity contribution >= 4 is 17.5 Å². The molecule has 2 aliphatic rings. The fraction of sp³-hybridized carbons (Fsp3) is 0.667. The zero-order valence-electron chi connectivity index (χ0n) is 17.8.